The van der Waals surface area contributed by atoms with Crippen LogP contribution in [0.1, 0.15) is 16.2 Å². The third-order valence-electron chi connectivity index (χ3n) is 3.99. The highest BCUT2D eigenvalue weighted by atomic mass is 79.9. The lowest BCUT2D eigenvalue weighted by Gasteiger charge is -2.10. The van der Waals surface area contributed by atoms with Crippen LogP contribution < -0.4 is 5.32 Å². The molecule has 0 aliphatic heterocycles. The second-order valence-corrected chi connectivity index (χ2v) is 8.56. The van der Waals surface area contributed by atoms with E-state index >= 15 is 0 Å². The van der Waals surface area contributed by atoms with Gasteiger partial charge in [0, 0.05) is 5.02 Å². The van der Waals surface area contributed by atoms with Gasteiger partial charge in [-0.05, 0) is 51.6 Å². The Morgan fingerprint density at radius 2 is 1.97 bits per heavy atom. The number of aromatic nitrogens is 3. The Morgan fingerprint density at radius 1 is 1.20 bits per heavy atom. The SMILES string of the molecule is O=C(Nc1cc(Cl)ccc1Cl)c1nn2c(C(F)(F)F)cc(-c3cccs3)nc2c1Br. The van der Waals surface area contributed by atoms with Gasteiger partial charge in [-0.25, -0.2) is 9.50 Å². The fourth-order valence-corrected chi connectivity index (χ4v) is 4.20. The van der Waals surface area contributed by atoms with Gasteiger partial charge in [0.25, 0.3) is 5.91 Å². The molecule has 0 saturated carbocycles. The largest absolute Gasteiger partial charge is 0.433 e. The first-order valence-electron chi connectivity index (χ1n) is 8.12. The smallest absolute Gasteiger partial charge is 0.319 e. The summed E-state index contributed by atoms with van der Waals surface area (Å²) < 4.78 is 41.7. The molecule has 5 nitrogen and oxygen atoms in total. The maximum absolute atomic E-state index is 13.7. The summed E-state index contributed by atoms with van der Waals surface area (Å²) in [5.74, 6) is -0.776. The number of alkyl halides is 3. The molecule has 0 atom stereocenters. The molecule has 3 aromatic heterocycles. The minimum absolute atomic E-state index is 0.0158. The number of nitrogens with zero attached hydrogens (tertiary/aromatic N) is 3. The van der Waals surface area contributed by atoms with E-state index in [0.717, 1.165) is 6.07 Å². The minimum Gasteiger partial charge on any atom is -0.319 e. The molecular weight excluding hydrogens is 528 g/mol. The number of carbonyl (C=O) groups is 1. The number of carbonyl (C=O) groups excluding carboxylic acids is 1. The normalized spacial score (nSPS) is 11.8. The van der Waals surface area contributed by atoms with Crippen molar-refractivity contribution in [3.63, 3.8) is 0 Å². The second kappa shape index (κ2) is 7.84. The first-order valence-corrected chi connectivity index (χ1v) is 10.5. The van der Waals surface area contributed by atoms with Crippen LogP contribution in [0.3, 0.4) is 0 Å². The van der Waals surface area contributed by atoms with Gasteiger partial charge in [-0.1, -0.05) is 29.3 Å². The standard InChI is InChI=1S/C18H8BrCl2F3N4OS/c19-14-15(17(29)26-10-6-8(20)3-4-9(10)21)27-28-13(18(22,23)24)7-11(25-16(14)28)12-2-1-5-30-12/h1-7H,(H,26,29). The Balaban J connectivity index is 1.85. The van der Waals surface area contributed by atoms with E-state index < -0.39 is 17.8 Å². The highest BCUT2D eigenvalue weighted by Gasteiger charge is 2.36. The van der Waals surface area contributed by atoms with Crippen LogP contribution >= 0.6 is 50.5 Å². The van der Waals surface area contributed by atoms with Crippen molar-refractivity contribution in [3.8, 4) is 10.6 Å². The lowest BCUT2D eigenvalue weighted by molar-refractivity contribution is -0.142. The molecule has 154 valence electrons. The molecule has 1 aromatic carbocycles. The number of fused-ring (bicyclic) bond motifs is 1. The summed E-state index contributed by atoms with van der Waals surface area (Å²) in [5.41, 5.74) is -1.17. The Hall–Kier alpha value is -2.14. The van der Waals surface area contributed by atoms with Crippen LogP contribution in [0.5, 0.6) is 0 Å². The van der Waals surface area contributed by atoms with Crippen LogP contribution in [0.25, 0.3) is 16.2 Å². The summed E-state index contributed by atoms with van der Waals surface area (Å²) in [6, 6.07) is 8.69. The Bertz CT molecular complexity index is 1270. The third kappa shape index (κ3) is 3.92. The second-order valence-electron chi connectivity index (χ2n) is 5.98. The van der Waals surface area contributed by atoms with Gasteiger partial charge < -0.3 is 5.32 Å². The molecule has 0 bridgehead atoms. The van der Waals surface area contributed by atoms with Crippen LogP contribution in [0.15, 0.2) is 46.3 Å². The maximum Gasteiger partial charge on any atom is 0.433 e. The van der Waals surface area contributed by atoms with Gasteiger partial charge in [0.2, 0.25) is 0 Å². The van der Waals surface area contributed by atoms with Gasteiger partial charge in [0.1, 0.15) is 0 Å². The highest BCUT2D eigenvalue weighted by Crippen LogP contribution is 2.36. The van der Waals surface area contributed by atoms with Crippen LogP contribution in [0, 0.1) is 0 Å². The molecule has 0 aliphatic rings. The molecule has 12 heteroatoms. The molecule has 0 radical (unpaired) electrons. The highest BCUT2D eigenvalue weighted by molar-refractivity contribution is 9.10. The van der Waals surface area contributed by atoms with Gasteiger partial charge in [-0.2, -0.15) is 18.3 Å². The van der Waals surface area contributed by atoms with E-state index in [2.05, 4.69) is 31.3 Å². The van der Waals surface area contributed by atoms with Crippen molar-refractivity contribution < 1.29 is 18.0 Å². The number of benzene rings is 1. The minimum atomic E-state index is -4.72. The summed E-state index contributed by atoms with van der Waals surface area (Å²) in [4.78, 5) is 17.5. The van der Waals surface area contributed by atoms with Gasteiger partial charge >= 0.3 is 6.18 Å². The van der Waals surface area contributed by atoms with Gasteiger partial charge in [0.05, 0.1) is 25.8 Å². The third-order valence-corrected chi connectivity index (χ3v) is 6.18. The van der Waals surface area contributed by atoms with E-state index in [0.29, 0.717) is 14.4 Å². The molecule has 1 amide bonds. The molecule has 0 fully saturated rings. The number of rotatable bonds is 3. The number of halogens is 6. The van der Waals surface area contributed by atoms with E-state index in [4.69, 9.17) is 23.2 Å². The fraction of sp³-hybridized carbons (Fsp3) is 0.0556. The quantitative estimate of drug-likeness (QED) is 0.314. The average Bonchev–Trinajstić information content (AvgIpc) is 3.32. The summed E-state index contributed by atoms with van der Waals surface area (Å²) in [6.45, 7) is 0. The molecule has 0 aliphatic carbocycles. The Labute approximate surface area is 189 Å². The van der Waals surface area contributed by atoms with Gasteiger partial charge in [-0.3, -0.25) is 4.79 Å². The van der Waals surface area contributed by atoms with Crippen molar-refractivity contribution in [3.05, 3.63) is 67.7 Å². The van der Waals surface area contributed by atoms with E-state index in [1.54, 1.807) is 17.5 Å². The molecule has 0 spiro atoms. The molecule has 3 heterocycles. The summed E-state index contributed by atoms with van der Waals surface area (Å²) >= 11 is 16.4. The number of hydrogen-bond donors (Lipinski definition) is 1. The predicted octanol–water partition coefficient (Wildman–Crippen LogP) is 6.80. The van der Waals surface area contributed by atoms with E-state index in [1.165, 1.54) is 29.5 Å². The lowest BCUT2D eigenvalue weighted by Crippen LogP contribution is -2.16. The topological polar surface area (TPSA) is 59.3 Å². The molecule has 30 heavy (non-hydrogen) atoms. The van der Waals surface area contributed by atoms with Crippen LogP contribution in [0.4, 0.5) is 18.9 Å². The zero-order valence-electron chi connectivity index (χ0n) is 14.5. The summed E-state index contributed by atoms with van der Waals surface area (Å²) in [6.07, 6.45) is -4.72. The van der Waals surface area contributed by atoms with Gasteiger partial charge in [0.15, 0.2) is 17.0 Å². The van der Waals surface area contributed by atoms with E-state index in [-0.39, 0.29) is 32.2 Å². The Morgan fingerprint density at radius 3 is 2.63 bits per heavy atom. The summed E-state index contributed by atoms with van der Waals surface area (Å²) in [5, 5.41) is 8.62. The molecule has 0 unspecified atom stereocenters. The monoisotopic (exact) mass is 534 g/mol. The molecule has 1 N–H and O–H groups in total. The van der Waals surface area contributed by atoms with Crippen molar-refractivity contribution in [2.24, 2.45) is 0 Å². The average molecular weight is 536 g/mol. The van der Waals surface area contributed by atoms with Crippen molar-refractivity contribution in [1.29, 1.82) is 0 Å². The van der Waals surface area contributed by atoms with Gasteiger partial charge in [-0.15, -0.1) is 11.3 Å². The van der Waals surface area contributed by atoms with Crippen molar-refractivity contribution in [2.45, 2.75) is 6.18 Å². The molecular formula is C18H8BrCl2F3N4OS. The molecule has 0 saturated heterocycles. The van der Waals surface area contributed by atoms with Crippen molar-refractivity contribution in [2.75, 3.05) is 5.32 Å². The van der Waals surface area contributed by atoms with E-state index in [1.807, 2.05) is 0 Å². The first kappa shape index (κ1) is 21.1. The van der Waals surface area contributed by atoms with Crippen molar-refractivity contribution >= 4 is 67.7 Å². The fourth-order valence-electron chi connectivity index (χ4n) is 2.66. The van der Waals surface area contributed by atoms with Crippen LogP contribution in [0.2, 0.25) is 10.0 Å². The Kier molecular flexibility index (Phi) is 5.52. The number of nitrogens with one attached hydrogen (secondary N) is 1. The van der Waals surface area contributed by atoms with Crippen LogP contribution in [-0.2, 0) is 6.18 Å². The number of anilines is 1. The maximum atomic E-state index is 13.7. The number of amides is 1. The first-order chi connectivity index (χ1) is 14.1. The molecule has 4 rings (SSSR count). The lowest BCUT2D eigenvalue weighted by atomic mass is 10.2. The van der Waals surface area contributed by atoms with E-state index in [9.17, 15) is 18.0 Å². The summed E-state index contributed by atoms with van der Waals surface area (Å²) in [7, 11) is 0. The predicted molar refractivity (Wildman–Crippen MR) is 113 cm³/mol. The molecule has 4 aromatic rings. The zero-order chi connectivity index (χ0) is 21.6. The zero-order valence-corrected chi connectivity index (χ0v) is 18.4. The van der Waals surface area contributed by atoms with Crippen molar-refractivity contribution in [1.82, 2.24) is 14.6 Å². The number of thiophene rings is 1. The number of hydrogen-bond acceptors (Lipinski definition) is 4. The van der Waals surface area contributed by atoms with Crippen LogP contribution in [-0.4, -0.2) is 20.5 Å².